The molecule has 2 aromatic rings. The van der Waals surface area contributed by atoms with Crippen LogP contribution >= 0.6 is 22.9 Å². The number of anilines is 1. The van der Waals surface area contributed by atoms with E-state index in [9.17, 15) is 13.2 Å². The van der Waals surface area contributed by atoms with Crippen molar-refractivity contribution in [2.75, 3.05) is 5.32 Å². The molecule has 2 bridgehead atoms. The van der Waals surface area contributed by atoms with E-state index in [1.165, 1.54) is 6.42 Å². The summed E-state index contributed by atoms with van der Waals surface area (Å²) in [5.41, 5.74) is 0.397. The van der Waals surface area contributed by atoms with Crippen molar-refractivity contribution in [2.24, 2.45) is 11.8 Å². The smallest absolute Gasteiger partial charge is 0.270 e. The Balaban J connectivity index is 1.43. The zero-order valence-corrected chi connectivity index (χ0v) is 16.1. The Kier molecular flexibility index (Phi) is 4.72. The minimum absolute atomic E-state index is 0.0187. The van der Waals surface area contributed by atoms with Crippen LogP contribution < -0.4 is 10.0 Å². The van der Waals surface area contributed by atoms with Crippen LogP contribution in [0.1, 0.15) is 36.0 Å². The number of amides is 1. The summed E-state index contributed by atoms with van der Waals surface area (Å²) < 4.78 is 27.7. The molecule has 0 unspecified atom stereocenters. The highest BCUT2D eigenvalue weighted by molar-refractivity contribution is 7.91. The molecule has 4 rings (SSSR count). The van der Waals surface area contributed by atoms with E-state index >= 15 is 0 Å². The van der Waals surface area contributed by atoms with Gasteiger partial charge >= 0.3 is 0 Å². The minimum atomic E-state index is -3.73. The molecule has 1 aromatic heterocycles. The molecule has 0 spiro atoms. The van der Waals surface area contributed by atoms with Crippen LogP contribution in [-0.4, -0.2) is 30.6 Å². The number of rotatable bonds is 5. The van der Waals surface area contributed by atoms with Crippen molar-refractivity contribution in [3.8, 4) is 0 Å². The highest BCUT2D eigenvalue weighted by Gasteiger charge is 2.41. The third-order valence-corrected chi connectivity index (χ3v) is 7.96. The number of hydrogen-bond acceptors (Lipinski definition) is 6. The van der Waals surface area contributed by atoms with Gasteiger partial charge < -0.3 is 0 Å². The second-order valence-corrected chi connectivity index (χ2v) is 10.0. The summed E-state index contributed by atoms with van der Waals surface area (Å²) in [6.45, 7) is 0. The lowest BCUT2D eigenvalue weighted by atomic mass is 9.96. The first-order valence-electron chi connectivity index (χ1n) is 8.33. The number of hydrogen-bond donors (Lipinski definition) is 2. The molecular weight excluding hydrogens is 396 g/mol. The van der Waals surface area contributed by atoms with E-state index in [-0.39, 0.29) is 15.5 Å². The number of sulfonamides is 1. The second kappa shape index (κ2) is 6.88. The molecule has 1 amide bonds. The maximum atomic E-state index is 12.5. The predicted octanol–water partition coefficient (Wildman–Crippen LogP) is 2.91. The summed E-state index contributed by atoms with van der Waals surface area (Å²) in [6, 6.07) is 6.34. The normalized spacial score (nSPS) is 24.7. The van der Waals surface area contributed by atoms with E-state index < -0.39 is 15.9 Å². The molecule has 0 radical (unpaired) electrons. The third kappa shape index (κ3) is 3.62. The molecule has 2 fully saturated rings. The summed E-state index contributed by atoms with van der Waals surface area (Å²) >= 11 is 6.64. The van der Waals surface area contributed by atoms with Gasteiger partial charge in [-0.2, -0.15) is 0 Å². The Morgan fingerprint density at radius 2 is 1.92 bits per heavy atom. The van der Waals surface area contributed by atoms with Crippen LogP contribution in [0.5, 0.6) is 0 Å². The second-order valence-electron chi connectivity index (χ2n) is 6.74. The first-order chi connectivity index (χ1) is 12.4. The standard InChI is InChI=1S/C16H17ClN4O3S2/c17-12-5-3-10(4-6-12)14(22)18-15-19-20-16(25-15)26(23,24)21-13-8-9-1-2-11(13)7-9/h3-6,9,11,13,21H,1-2,7-8H2,(H,18,19,22)/t9-,11-,13-/m0/s1. The molecule has 0 saturated heterocycles. The number of fused-ring (bicyclic) bond motifs is 2. The number of nitrogens with one attached hydrogen (secondary N) is 2. The number of halogens is 1. The monoisotopic (exact) mass is 412 g/mol. The van der Waals surface area contributed by atoms with Gasteiger partial charge in [0.1, 0.15) is 0 Å². The summed E-state index contributed by atoms with van der Waals surface area (Å²) in [6.07, 6.45) is 4.27. The van der Waals surface area contributed by atoms with E-state index in [0.717, 1.165) is 30.6 Å². The van der Waals surface area contributed by atoms with Crippen LogP contribution in [0.4, 0.5) is 5.13 Å². The Bertz CT molecular complexity index is 929. The Labute approximate surface area is 160 Å². The van der Waals surface area contributed by atoms with Gasteiger partial charge in [-0.3, -0.25) is 10.1 Å². The van der Waals surface area contributed by atoms with E-state index in [1.807, 2.05) is 0 Å². The molecule has 2 aliphatic rings. The molecular formula is C16H17ClN4O3S2. The van der Waals surface area contributed by atoms with Crippen molar-refractivity contribution in [3.63, 3.8) is 0 Å². The van der Waals surface area contributed by atoms with Gasteiger partial charge in [0.2, 0.25) is 9.47 Å². The molecule has 2 aliphatic carbocycles. The topological polar surface area (TPSA) is 101 Å². The van der Waals surface area contributed by atoms with E-state index in [2.05, 4.69) is 20.2 Å². The van der Waals surface area contributed by atoms with Gasteiger partial charge in [0.15, 0.2) is 0 Å². The van der Waals surface area contributed by atoms with Crippen LogP contribution in [0.2, 0.25) is 5.02 Å². The van der Waals surface area contributed by atoms with Gasteiger partial charge in [0.05, 0.1) is 0 Å². The van der Waals surface area contributed by atoms with Gasteiger partial charge in [-0.1, -0.05) is 29.4 Å². The molecule has 2 N–H and O–H groups in total. The Morgan fingerprint density at radius 1 is 1.15 bits per heavy atom. The van der Waals surface area contributed by atoms with Crippen LogP contribution in [0, 0.1) is 11.8 Å². The van der Waals surface area contributed by atoms with Crippen molar-refractivity contribution in [3.05, 3.63) is 34.9 Å². The van der Waals surface area contributed by atoms with Crippen LogP contribution in [0.15, 0.2) is 28.6 Å². The van der Waals surface area contributed by atoms with Crippen LogP contribution in [0.25, 0.3) is 0 Å². The van der Waals surface area contributed by atoms with Gasteiger partial charge in [-0.05, 0) is 55.4 Å². The lowest BCUT2D eigenvalue weighted by Gasteiger charge is -2.21. The molecule has 26 heavy (non-hydrogen) atoms. The van der Waals surface area contributed by atoms with E-state index in [4.69, 9.17) is 11.6 Å². The number of benzene rings is 1. The van der Waals surface area contributed by atoms with Gasteiger partial charge in [0, 0.05) is 16.6 Å². The highest BCUT2D eigenvalue weighted by Crippen LogP contribution is 2.44. The average molecular weight is 413 g/mol. The number of carbonyl (C=O) groups is 1. The fourth-order valence-electron chi connectivity index (χ4n) is 3.78. The van der Waals surface area contributed by atoms with E-state index in [0.29, 0.717) is 22.4 Å². The van der Waals surface area contributed by atoms with Crippen molar-refractivity contribution in [2.45, 2.75) is 36.1 Å². The molecule has 2 saturated carbocycles. The quantitative estimate of drug-likeness (QED) is 0.735. The highest BCUT2D eigenvalue weighted by atomic mass is 35.5. The van der Waals surface area contributed by atoms with Gasteiger partial charge in [-0.15, -0.1) is 10.2 Å². The summed E-state index contributed by atoms with van der Waals surface area (Å²) in [5.74, 6) is 0.658. The van der Waals surface area contributed by atoms with Crippen molar-refractivity contribution in [1.29, 1.82) is 0 Å². The SMILES string of the molecule is O=C(Nc1nnc(S(=O)(=O)N[C@H]2C[C@H]3CC[C@H]2C3)s1)c1ccc(Cl)cc1. The first-order valence-corrected chi connectivity index (χ1v) is 11.0. The molecule has 0 aliphatic heterocycles. The zero-order valence-electron chi connectivity index (χ0n) is 13.7. The third-order valence-electron chi connectivity index (χ3n) is 5.01. The Hall–Kier alpha value is -1.55. The van der Waals surface area contributed by atoms with Gasteiger partial charge in [0.25, 0.3) is 15.9 Å². The van der Waals surface area contributed by atoms with Gasteiger partial charge in [-0.25, -0.2) is 13.1 Å². The molecule has 10 heteroatoms. The number of aromatic nitrogens is 2. The van der Waals surface area contributed by atoms with Crippen LogP contribution in [-0.2, 0) is 10.0 Å². The largest absolute Gasteiger partial charge is 0.296 e. The zero-order chi connectivity index (χ0) is 18.3. The van der Waals surface area contributed by atoms with Crippen LogP contribution in [0.3, 0.4) is 0 Å². The summed E-state index contributed by atoms with van der Waals surface area (Å²) in [4.78, 5) is 12.2. The molecule has 3 atom stereocenters. The lowest BCUT2D eigenvalue weighted by molar-refractivity contribution is 0.102. The number of nitrogens with zero attached hydrogens (tertiary/aromatic N) is 2. The maximum Gasteiger partial charge on any atom is 0.270 e. The summed E-state index contributed by atoms with van der Waals surface area (Å²) in [5, 5.41) is 10.7. The lowest BCUT2D eigenvalue weighted by Crippen LogP contribution is -2.38. The van der Waals surface area contributed by atoms with Crippen molar-refractivity contribution < 1.29 is 13.2 Å². The van der Waals surface area contributed by atoms with E-state index in [1.54, 1.807) is 24.3 Å². The van der Waals surface area contributed by atoms with Crippen molar-refractivity contribution >= 4 is 44.0 Å². The average Bonchev–Trinajstić information content (AvgIpc) is 3.32. The molecule has 138 valence electrons. The fourth-order valence-corrected chi connectivity index (χ4v) is 6.13. The maximum absolute atomic E-state index is 12.5. The van der Waals surface area contributed by atoms with Crippen molar-refractivity contribution in [1.82, 2.24) is 14.9 Å². The molecule has 1 heterocycles. The predicted molar refractivity (Wildman–Crippen MR) is 98.9 cm³/mol. The molecule has 7 nitrogen and oxygen atoms in total. The fraction of sp³-hybridized carbons (Fsp3) is 0.438. The first kappa shape index (κ1) is 17.8. The Morgan fingerprint density at radius 3 is 2.58 bits per heavy atom. The minimum Gasteiger partial charge on any atom is -0.296 e. The number of carbonyl (C=O) groups excluding carboxylic acids is 1. The summed E-state index contributed by atoms with van der Waals surface area (Å²) in [7, 11) is -3.73. The molecule has 1 aromatic carbocycles.